The number of amides is 1. The van der Waals surface area contributed by atoms with E-state index in [0.717, 1.165) is 5.56 Å². The first kappa shape index (κ1) is 20.6. The minimum Gasteiger partial charge on any atom is -0.444 e. The van der Waals surface area contributed by atoms with E-state index in [1.165, 1.54) is 4.57 Å². The highest BCUT2D eigenvalue weighted by atomic mass is 16.6. The molecule has 146 valence electrons. The van der Waals surface area contributed by atoms with Crippen molar-refractivity contribution in [2.45, 2.75) is 58.8 Å². The lowest BCUT2D eigenvalue weighted by molar-refractivity contribution is 0.0484. The molecule has 6 nitrogen and oxygen atoms in total. The summed E-state index contributed by atoms with van der Waals surface area (Å²) in [4.78, 5) is 25.0. The molecule has 1 unspecified atom stereocenters. The van der Waals surface area contributed by atoms with Gasteiger partial charge in [-0.3, -0.25) is 4.57 Å². The number of carbonyl (C=O) groups excluding carboxylic acids is 2. The number of benzene rings is 1. The maximum atomic E-state index is 12.6. The number of rotatable bonds is 3. The van der Waals surface area contributed by atoms with E-state index in [-0.39, 0.29) is 0 Å². The zero-order chi connectivity index (χ0) is 20.2. The Bertz CT molecular complexity index is 783. The van der Waals surface area contributed by atoms with Crippen LogP contribution in [0.5, 0.6) is 0 Å². The molecular weight excluding hydrogens is 344 g/mol. The molecular formula is C21H28N2O4. The molecule has 6 heteroatoms. The molecule has 0 saturated carbocycles. The van der Waals surface area contributed by atoms with Crippen molar-refractivity contribution in [1.82, 2.24) is 9.88 Å². The molecule has 2 rings (SSSR count). The Kier molecular flexibility index (Phi) is 5.98. The van der Waals surface area contributed by atoms with Crippen molar-refractivity contribution < 1.29 is 19.1 Å². The Hall–Kier alpha value is -2.76. The molecule has 0 spiro atoms. The molecule has 27 heavy (non-hydrogen) atoms. The highest BCUT2D eigenvalue weighted by Gasteiger charge is 2.27. The lowest BCUT2D eigenvalue weighted by atomic mass is 10.0. The quantitative estimate of drug-likeness (QED) is 0.833. The molecule has 0 aliphatic heterocycles. The SMILES string of the molecule is CC(C)(C)OC(=O)NC(c1ccccc1)c1cccn1C(=O)OC(C)(C)C. The van der Waals surface area contributed by atoms with Gasteiger partial charge in [0.1, 0.15) is 11.2 Å². The van der Waals surface area contributed by atoms with Gasteiger partial charge in [-0.15, -0.1) is 0 Å². The fourth-order valence-electron chi connectivity index (χ4n) is 2.51. The van der Waals surface area contributed by atoms with Crippen molar-refractivity contribution in [1.29, 1.82) is 0 Å². The zero-order valence-electron chi connectivity index (χ0n) is 16.8. The van der Waals surface area contributed by atoms with Gasteiger partial charge in [0.2, 0.25) is 0 Å². The van der Waals surface area contributed by atoms with Crippen LogP contribution in [0.1, 0.15) is 58.8 Å². The van der Waals surface area contributed by atoms with Crippen LogP contribution >= 0.6 is 0 Å². The maximum Gasteiger partial charge on any atom is 0.418 e. The Balaban J connectivity index is 2.37. The highest BCUT2D eigenvalue weighted by molar-refractivity contribution is 5.73. The van der Waals surface area contributed by atoms with Gasteiger partial charge in [-0.05, 0) is 59.2 Å². The van der Waals surface area contributed by atoms with E-state index in [1.54, 1.807) is 39.1 Å². The van der Waals surface area contributed by atoms with Gasteiger partial charge in [-0.2, -0.15) is 0 Å². The van der Waals surface area contributed by atoms with Crippen molar-refractivity contribution in [3.8, 4) is 0 Å². The average Bonchev–Trinajstić information content (AvgIpc) is 2.99. The van der Waals surface area contributed by atoms with Gasteiger partial charge in [0.25, 0.3) is 0 Å². The van der Waals surface area contributed by atoms with Gasteiger partial charge in [-0.25, -0.2) is 9.59 Å². The van der Waals surface area contributed by atoms with Gasteiger partial charge < -0.3 is 14.8 Å². The number of nitrogens with one attached hydrogen (secondary N) is 1. The minimum absolute atomic E-state index is 0.505. The third-order valence-corrected chi connectivity index (χ3v) is 3.46. The number of carbonyl (C=O) groups is 2. The van der Waals surface area contributed by atoms with E-state index in [1.807, 2.05) is 51.1 Å². The number of hydrogen-bond donors (Lipinski definition) is 1. The molecule has 1 aromatic heterocycles. The highest BCUT2D eigenvalue weighted by Crippen LogP contribution is 2.24. The zero-order valence-corrected chi connectivity index (χ0v) is 16.8. The Morgan fingerprint density at radius 2 is 1.48 bits per heavy atom. The summed E-state index contributed by atoms with van der Waals surface area (Å²) >= 11 is 0. The molecule has 1 N–H and O–H groups in total. The summed E-state index contributed by atoms with van der Waals surface area (Å²) in [7, 11) is 0. The van der Waals surface area contributed by atoms with E-state index in [4.69, 9.17) is 9.47 Å². The van der Waals surface area contributed by atoms with Gasteiger partial charge in [0.15, 0.2) is 0 Å². The Labute approximate surface area is 160 Å². The van der Waals surface area contributed by atoms with Crippen LogP contribution in [0.4, 0.5) is 9.59 Å². The second-order valence-corrected chi connectivity index (χ2v) is 8.27. The van der Waals surface area contributed by atoms with Gasteiger partial charge >= 0.3 is 12.2 Å². The lowest BCUT2D eigenvalue weighted by Gasteiger charge is -2.25. The van der Waals surface area contributed by atoms with Crippen LogP contribution in [0.15, 0.2) is 48.7 Å². The molecule has 1 amide bonds. The predicted octanol–water partition coefficient (Wildman–Crippen LogP) is 4.89. The molecule has 1 aromatic carbocycles. The molecule has 0 bridgehead atoms. The molecule has 1 heterocycles. The molecule has 0 radical (unpaired) electrons. The van der Waals surface area contributed by atoms with Crippen molar-refractivity contribution in [3.63, 3.8) is 0 Å². The van der Waals surface area contributed by atoms with E-state index in [2.05, 4.69) is 5.32 Å². The summed E-state index contributed by atoms with van der Waals surface area (Å²) in [5.41, 5.74) is 0.158. The second-order valence-electron chi connectivity index (χ2n) is 8.27. The summed E-state index contributed by atoms with van der Waals surface area (Å²) in [5, 5.41) is 2.86. The van der Waals surface area contributed by atoms with Crippen molar-refractivity contribution in [3.05, 3.63) is 59.9 Å². The Morgan fingerprint density at radius 3 is 2.04 bits per heavy atom. The number of hydrogen-bond acceptors (Lipinski definition) is 4. The second kappa shape index (κ2) is 7.86. The number of aromatic nitrogens is 1. The fourth-order valence-corrected chi connectivity index (χ4v) is 2.51. The molecule has 0 aliphatic carbocycles. The van der Waals surface area contributed by atoms with Crippen molar-refractivity contribution >= 4 is 12.2 Å². The number of nitrogens with zero attached hydrogens (tertiary/aromatic N) is 1. The lowest BCUT2D eigenvalue weighted by Crippen LogP contribution is -2.37. The topological polar surface area (TPSA) is 69.6 Å². The molecule has 1 atom stereocenters. The van der Waals surface area contributed by atoms with Crippen LogP contribution in [0.2, 0.25) is 0 Å². The third-order valence-electron chi connectivity index (χ3n) is 3.46. The predicted molar refractivity (Wildman–Crippen MR) is 104 cm³/mol. The fraction of sp³-hybridized carbons (Fsp3) is 0.429. The first-order valence-corrected chi connectivity index (χ1v) is 8.91. The smallest absolute Gasteiger partial charge is 0.418 e. The van der Waals surface area contributed by atoms with Crippen LogP contribution in [0.3, 0.4) is 0 Å². The van der Waals surface area contributed by atoms with Crippen molar-refractivity contribution in [2.24, 2.45) is 0 Å². The average molecular weight is 372 g/mol. The van der Waals surface area contributed by atoms with Crippen molar-refractivity contribution in [2.75, 3.05) is 0 Å². The number of alkyl carbamates (subject to hydrolysis) is 1. The first-order chi connectivity index (χ1) is 12.5. The van der Waals surface area contributed by atoms with Gasteiger partial charge in [-0.1, -0.05) is 30.3 Å². The van der Waals surface area contributed by atoms with Crippen LogP contribution in [0, 0.1) is 0 Å². The summed E-state index contributed by atoms with van der Waals surface area (Å²) in [5.74, 6) is 0. The van der Waals surface area contributed by atoms with Crippen LogP contribution < -0.4 is 5.32 Å². The third kappa shape index (κ3) is 6.16. The van der Waals surface area contributed by atoms with E-state index < -0.39 is 29.4 Å². The minimum atomic E-state index is -0.627. The summed E-state index contributed by atoms with van der Waals surface area (Å²) in [6, 6.07) is 12.4. The monoisotopic (exact) mass is 372 g/mol. The number of ether oxygens (including phenoxy) is 2. The van der Waals surface area contributed by atoms with E-state index >= 15 is 0 Å². The Morgan fingerprint density at radius 1 is 0.889 bits per heavy atom. The molecule has 0 fully saturated rings. The van der Waals surface area contributed by atoms with E-state index in [9.17, 15) is 9.59 Å². The summed E-state index contributed by atoms with van der Waals surface area (Å²) < 4.78 is 12.3. The molecule has 2 aromatic rings. The molecule has 0 aliphatic rings. The van der Waals surface area contributed by atoms with Crippen LogP contribution in [0.25, 0.3) is 0 Å². The summed E-state index contributed by atoms with van der Waals surface area (Å²) in [6.45, 7) is 10.8. The summed E-state index contributed by atoms with van der Waals surface area (Å²) in [6.07, 6.45) is 0.554. The van der Waals surface area contributed by atoms with Gasteiger partial charge in [0, 0.05) is 6.20 Å². The van der Waals surface area contributed by atoms with Gasteiger partial charge in [0.05, 0.1) is 11.7 Å². The normalized spacial score (nSPS) is 13.0. The molecule has 0 saturated heterocycles. The standard InChI is InChI=1S/C21H28N2O4/c1-20(2,3)26-18(24)22-17(15-11-8-7-9-12-15)16-13-10-14-23(16)19(25)27-21(4,5)6/h7-14,17H,1-6H3,(H,22,24). The van der Waals surface area contributed by atoms with Crippen LogP contribution in [-0.2, 0) is 9.47 Å². The van der Waals surface area contributed by atoms with Crippen LogP contribution in [-0.4, -0.2) is 28.0 Å². The first-order valence-electron chi connectivity index (χ1n) is 8.91. The maximum absolute atomic E-state index is 12.6. The van der Waals surface area contributed by atoms with E-state index in [0.29, 0.717) is 5.69 Å². The largest absolute Gasteiger partial charge is 0.444 e.